The summed E-state index contributed by atoms with van der Waals surface area (Å²) in [6.07, 6.45) is 11.5. The lowest BCUT2D eigenvalue weighted by Gasteiger charge is -2.09. The summed E-state index contributed by atoms with van der Waals surface area (Å²) in [4.78, 5) is 75.9. The fourth-order valence-corrected chi connectivity index (χ4v) is 12.6. The van der Waals surface area contributed by atoms with E-state index in [0.717, 1.165) is 0 Å². The summed E-state index contributed by atoms with van der Waals surface area (Å²) >= 11 is 11.8. The molecule has 32 nitrogen and oxygen atoms in total. The molecule has 0 fully saturated rings. The zero-order valence-electron chi connectivity index (χ0n) is 50.2. The maximum atomic E-state index is 12.4. The summed E-state index contributed by atoms with van der Waals surface area (Å²) in [7, 11) is -13.5. The van der Waals surface area contributed by atoms with E-state index in [1.807, 2.05) is 6.07 Å². The molecule has 95 heavy (non-hydrogen) atoms. The van der Waals surface area contributed by atoms with E-state index in [1.54, 1.807) is 157 Å². The highest BCUT2D eigenvalue weighted by molar-refractivity contribution is 7.93. The maximum Gasteiger partial charge on any atom is 0.281 e. The number of nitrogens with zero attached hydrogens (tertiary/aromatic N) is 19. The zero-order valence-corrected chi connectivity index (χ0v) is 55.0. The number of benzene rings is 2. The predicted octanol–water partition coefficient (Wildman–Crippen LogP) is 7.22. The number of aromatic nitrogens is 20. The summed E-state index contributed by atoms with van der Waals surface area (Å²) in [5, 5.41) is 0.646. The standard InChI is InChI=1S/C16H13Cl2N5O2S.C16H15N5O2S.C13H13N7O2S.C12H11N7O2S/c1-10-20-15(14-4-2-3-5-19-14)22-16(21-10)23-26(24,25)9-11-6-12(17)8-13(18)7-11;1-12-18-15(14-9-5-6-10-17-14)20-16(19-12)21-24(22,23)11-13-7-3-2-4-8-13;1-9-16-12(10-5-3-4-6-15-10)18-13(17-9)19-23(21,22)11-7-14-8-20(11)2;1-8-16-11(9-4-2-3-5-14-9)18-12(17-8)19-22(20,21)10-6-13-7-15-10/h2-8H,9H2,1H3,(H,20,21,22,23);2-10H,11H2,1H3,(H,18,19,20,21);3-8H,1-2H3,(H,16,17,18,19);2-7H,1H3,(H,13,15)(H,16,17,18,19). The first kappa shape index (κ1) is 68.4. The van der Waals surface area contributed by atoms with E-state index in [4.69, 9.17) is 23.2 Å². The molecule has 12 rings (SSSR count). The van der Waals surface area contributed by atoms with Crippen LogP contribution in [0.25, 0.3) is 46.1 Å². The summed E-state index contributed by atoms with van der Waals surface area (Å²) in [6, 6.07) is 34.7. The van der Waals surface area contributed by atoms with Crippen molar-refractivity contribution in [1.82, 2.24) is 99.3 Å². The van der Waals surface area contributed by atoms with Gasteiger partial charge in [-0.3, -0.25) is 29.4 Å². The molecule has 10 aromatic heterocycles. The second-order valence-corrected chi connectivity index (χ2v) is 27.0. The van der Waals surface area contributed by atoms with Gasteiger partial charge in [0.15, 0.2) is 33.3 Å². The highest BCUT2D eigenvalue weighted by atomic mass is 35.5. The quantitative estimate of drug-likeness (QED) is 0.0566. The summed E-state index contributed by atoms with van der Waals surface area (Å²) < 4.78 is 109. The minimum Gasteiger partial charge on any atom is -0.334 e. The van der Waals surface area contributed by atoms with Crippen molar-refractivity contribution in [2.75, 3.05) is 18.9 Å². The molecule has 12 aromatic rings. The molecular weight excluding hydrogens is 1350 g/mol. The van der Waals surface area contributed by atoms with E-state index in [0.29, 0.717) is 78.9 Å². The highest BCUT2D eigenvalue weighted by Gasteiger charge is 2.23. The minimum absolute atomic E-state index is 0.00921. The molecule has 486 valence electrons. The Kier molecular flexibility index (Phi) is 22.1. The number of aromatic amines is 1. The first-order chi connectivity index (χ1) is 45.3. The van der Waals surface area contributed by atoms with Crippen molar-refractivity contribution in [3.63, 3.8) is 0 Å². The average Bonchev–Trinajstić information content (AvgIpc) is 1.82. The van der Waals surface area contributed by atoms with Gasteiger partial charge in [-0.1, -0.05) is 77.8 Å². The van der Waals surface area contributed by atoms with Crippen molar-refractivity contribution in [3.8, 4) is 46.1 Å². The van der Waals surface area contributed by atoms with Crippen LogP contribution in [0.4, 0.5) is 23.8 Å². The third-order valence-electron chi connectivity index (χ3n) is 11.8. The number of halogens is 2. The van der Waals surface area contributed by atoms with Gasteiger partial charge in [0.25, 0.3) is 20.0 Å². The molecule has 0 aliphatic carbocycles. The first-order valence-corrected chi connectivity index (χ1v) is 34.4. The molecular formula is C57H52Cl2N24O8S4. The van der Waals surface area contributed by atoms with Crippen molar-refractivity contribution in [2.45, 2.75) is 49.3 Å². The van der Waals surface area contributed by atoms with Crippen molar-refractivity contribution >= 4 is 87.1 Å². The summed E-state index contributed by atoms with van der Waals surface area (Å²) in [5.74, 6) is 1.98. The number of pyridine rings is 4. The molecule has 0 unspecified atom stereocenters. The lowest BCUT2D eigenvalue weighted by Crippen LogP contribution is -2.18. The Morgan fingerprint density at radius 3 is 1.13 bits per heavy atom. The Bertz CT molecular complexity index is 5050. The van der Waals surface area contributed by atoms with E-state index >= 15 is 0 Å². The van der Waals surface area contributed by atoms with Gasteiger partial charge in [-0.2, -0.15) is 56.7 Å². The second-order valence-electron chi connectivity index (χ2n) is 19.4. The van der Waals surface area contributed by atoms with Gasteiger partial charge in [0.1, 0.15) is 46.1 Å². The summed E-state index contributed by atoms with van der Waals surface area (Å²) in [6.45, 7) is 6.60. The van der Waals surface area contributed by atoms with Gasteiger partial charge in [0, 0.05) is 41.9 Å². The summed E-state index contributed by atoms with van der Waals surface area (Å²) in [5.41, 5.74) is 3.24. The smallest absolute Gasteiger partial charge is 0.281 e. The topological polar surface area (TPSA) is 437 Å². The van der Waals surface area contributed by atoms with Crippen LogP contribution in [0, 0.1) is 27.7 Å². The van der Waals surface area contributed by atoms with Gasteiger partial charge < -0.3 is 9.55 Å². The van der Waals surface area contributed by atoms with E-state index in [-0.39, 0.29) is 57.0 Å². The molecule has 0 radical (unpaired) electrons. The van der Waals surface area contributed by atoms with Crippen LogP contribution in [0.3, 0.4) is 0 Å². The number of nitrogens with one attached hydrogen (secondary N) is 5. The molecule has 0 aliphatic rings. The van der Waals surface area contributed by atoms with Gasteiger partial charge in [0.2, 0.25) is 43.8 Å². The number of hydrogen-bond acceptors (Lipinski definition) is 26. The van der Waals surface area contributed by atoms with E-state index < -0.39 is 40.1 Å². The SMILES string of the molecule is Cc1nc(NS(=O)(=O)Cc2cc(Cl)cc(Cl)c2)nc(-c2ccccn2)n1.Cc1nc(NS(=O)(=O)Cc2ccccc2)nc(-c2ccccn2)n1.Cc1nc(NS(=O)(=O)c2cnc[nH]2)nc(-c2ccccn2)n1.Cc1nc(NS(=O)(=O)c2cncn2C)nc(-c2ccccn2)n1. The molecule has 0 amide bonds. The largest absolute Gasteiger partial charge is 0.334 e. The third-order valence-corrected chi connectivity index (χ3v) is 17.3. The minimum atomic E-state index is -3.84. The average molecular weight is 1400 g/mol. The fraction of sp³-hybridized carbons (Fsp3) is 0.123. The molecule has 0 bridgehead atoms. The van der Waals surface area contributed by atoms with Crippen LogP contribution in [0.5, 0.6) is 0 Å². The van der Waals surface area contributed by atoms with Crippen molar-refractivity contribution in [1.29, 1.82) is 0 Å². The van der Waals surface area contributed by atoms with Crippen LogP contribution in [-0.2, 0) is 58.6 Å². The predicted molar refractivity (Wildman–Crippen MR) is 350 cm³/mol. The Morgan fingerprint density at radius 2 is 0.779 bits per heavy atom. The number of H-pyrrole nitrogens is 1. The number of rotatable bonds is 18. The van der Waals surface area contributed by atoms with Crippen LogP contribution in [0.2, 0.25) is 10.0 Å². The van der Waals surface area contributed by atoms with Crippen LogP contribution in [0.15, 0.2) is 181 Å². The van der Waals surface area contributed by atoms with Gasteiger partial charge >= 0.3 is 0 Å². The highest BCUT2D eigenvalue weighted by Crippen LogP contribution is 2.23. The monoisotopic (exact) mass is 1400 g/mol. The van der Waals surface area contributed by atoms with Crippen LogP contribution < -0.4 is 18.9 Å². The van der Waals surface area contributed by atoms with Crippen LogP contribution in [0.1, 0.15) is 34.4 Å². The van der Waals surface area contributed by atoms with Crippen LogP contribution >= 0.6 is 23.2 Å². The molecule has 0 spiro atoms. The number of aryl methyl sites for hydroxylation is 5. The Balaban J connectivity index is 0.000000149. The van der Waals surface area contributed by atoms with Crippen molar-refractivity contribution in [2.24, 2.45) is 7.05 Å². The van der Waals surface area contributed by atoms with E-state index in [2.05, 4.69) is 114 Å². The van der Waals surface area contributed by atoms with Gasteiger partial charge in [-0.15, -0.1) is 0 Å². The molecule has 2 aromatic carbocycles. The Morgan fingerprint density at radius 1 is 0.411 bits per heavy atom. The van der Waals surface area contributed by atoms with Gasteiger partial charge in [0.05, 0.1) is 36.6 Å². The lowest BCUT2D eigenvalue weighted by molar-refractivity contribution is 0.590. The van der Waals surface area contributed by atoms with Crippen molar-refractivity contribution < 1.29 is 33.7 Å². The Hall–Kier alpha value is -10.9. The van der Waals surface area contributed by atoms with Crippen molar-refractivity contribution in [3.05, 3.63) is 216 Å². The molecule has 0 saturated heterocycles. The molecule has 0 aliphatic heterocycles. The van der Waals surface area contributed by atoms with E-state index in [9.17, 15) is 33.7 Å². The molecule has 38 heteroatoms. The second kappa shape index (κ2) is 30.7. The number of hydrogen-bond donors (Lipinski definition) is 5. The Labute approximate surface area is 553 Å². The third kappa shape index (κ3) is 20.3. The number of anilines is 4. The molecule has 0 saturated carbocycles. The van der Waals surface area contributed by atoms with Gasteiger partial charge in [-0.25, -0.2) is 56.2 Å². The fourth-order valence-electron chi connectivity index (χ4n) is 7.95. The maximum absolute atomic E-state index is 12.4. The molecule has 10 heterocycles. The van der Waals surface area contributed by atoms with E-state index in [1.165, 1.54) is 47.8 Å². The normalized spacial score (nSPS) is 11.3. The molecule has 0 atom stereocenters. The zero-order chi connectivity index (χ0) is 67.8. The number of imidazole rings is 2. The van der Waals surface area contributed by atoms with Gasteiger partial charge in [-0.05, 0) is 106 Å². The molecule has 5 N–H and O–H groups in total. The van der Waals surface area contributed by atoms with Crippen LogP contribution in [-0.4, -0.2) is 133 Å². The number of sulfonamides is 4. The first-order valence-electron chi connectivity index (χ1n) is 27.4. The lowest BCUT2D eigenvalue weighted by atomic mass is 10.2.